The van der Waals surface area contributed by atoms with Crippen molar-refractivity contribution in [1.29, 1.82) is 0 Å². The van der Waals surface area contributed by atoms with Crippen LogP contribution in [0.15, 0.2) is 47.6 Å². The lowest BCUT2D eigenvalue weighted by molar-refractivity contribution is -0.123. The van der Waals surface area contributed by atoms with Crippen LogP contribution in [0.5, 0.6) is 5.75 Å². The van der Waals surface area contributed by atoms with Gasteiger partial charge < -0.3 is 9.64 Å². The van der Waals surface area contributed by atoms with Crippen molar-refractivity contribution in [2.75, 3.05) is 24.6 Å². The van der Waals surface area contributed by atoms with Crippen LogP contribution in [0.2, 0.25) is 0 Å². The minimum atomic E-state index is -0.290. The molecule has 1 amide bonds. The van der Waals surface area contributed by atoms with Crippen LogP contribution < -0.4 is 15.1 Å². The standard InChI is InChI=1S/C21H27N3O2/c1-5-24(6-2)19-11-9-18(10-12-19)14-22-23-21(25)15-26-20-13-16(3)7-8-17(20)4/h7-14H,5-6,15H2,1-4H3,(H,23,25)/b22-14-. The molecule has 2 aromatic rings. The summed E-state index contributed by atoms with van der Waals surface area (Å²) in [7, 11) is 0. The monoisotopic (exact) mass is 353 g/mol. The van der Waals surface area contributed by atoms with E-state index >= 15 is 0 Å². The van der Waals surface area contributed by atoms with Crippen LogP contribution in [0.25, 0.3) is 0 Å². The van der Waals surface area contributed by atoms with Gasteiger partial charge in [-0.15, -0.1) is 0 Å². The summed E-state index contributed by atoms with van der Waals surface area (Å²) in [6.45, 7) is 10.1. The van der Waals surface area contributed by atoms with Gasteiger partial charge in [0.25, 0.3) is 5.91 Å². The fourth-order valence-corrected chi connectivity index (χ4v) is 2.58. The lowest BCUT2D eigenvalue weighted by Crippen LogP contribution is -2.24. The molecule has 0 unspecified atom stereocenters. The zero-order valence-electron chi connectivity index (χ0n) is 16.0. The van der Waals surface area contributed by atoms with Crippen molar-refractivity contribution in [2.45, 2.75) is 27.7 Å². The number of nitrogens with zero attached hydrogens (tertiary/aromatic N) is 2. The van der Waals surface area contributed by atoms with Gasteiger partial charge in [-0.1, -0.05) is 24.3 Å². The highest BCUT2D eigenvalue weighted by Gasteiger charge is 2.04. The molecule has 5 nitrogen and oxygen atoms in total. The van der Waals surface area contributed by atoms with Gasteiger partial charge in [0.2, 0.25) is 0 Å². The second kappa shape index (κ2) is 9.61. The first kappa shape index (κ1) is 19.5. The highest BCUT2D eigenvalue weighted by atomic mass is 16.5. The summed E-state index contributed by atoms with van der Waals surface area (Å²) in [6.07, 6.45) is 1.63. The Labute approximate surface area is 155 Å². The third kappa shape index (κ3) is 5.62. The van der Waals surface area contributed by atoms with E-state index in [0.717, 1.165) is 35.5 Å². The number of rotatable bonds is 8. The third-order valence-electron chi connectivity index (χ3n) is 4.13. The summed E-state index contributed by atoms with van der Waals surface area (Å²) < 4.78 is 5.56. The number of nitrogens with one attached hydrogen (secondary N) is 1. The predicted octanol–water partition coefficient (Wildman–Crippen LogP) is 3.68. The van der Waals surface area contributed by atoms with E-state index in [1.165, 1.54) is 5.69 Å². The number of carbonyl (C=O) groups excluding carboxylic acids is 1. The van der Waals surface area contributed by atoms with Gasteiger partial charge in [-0.3, -0.25) is 4.79 Å². The number of hydrogen-bond donors (Lipinski definition) is 1. The lowest BCUT2D eigenvalue weighted by atomic mass is 10.1. The maximum Gasteiger partial charge on any atom is 0.277 e. The quantitative estimate of drug-likeness (QED) is 0.582. The van der Waals surface area contributed by atoms with Gasteiger partial charge in [0.15, 0.2) is 6.61 Å². The first-order valence-electron chi connectivity index (χ1n) is 8.90. The predicted molar refractivity (Wildman–Crippen MR) is 107 cm³/mol. The van der Waals surface area contributed by atoms with Crippen LogP contribution in [-0.4, -0.2) is 31.8 Å². The second-order valence-corrected chi connectivity index (χ2v) is 6.11. The molecule has 0 aliphatic heterocycles. The Hall–Kier alpha value is -2.82. The van der Waals surface area contributed by atoms with Crippen LogP contribution >= 0.6 is 0 Å². The van der Waals surface area contributed by atoms with E-state index in [0.29, 0.717) is 0 Å². The molecule has 5 heteroatoms. The fourth-order valence-electron chi connectivity index (χ4n) is 2.58. The second-order valence-electron chi connectivity index (χ2n) is 6.11. The molecule has 138 valence electrons. The lowest BCUT2D eigenvalue weighted by Gasteiger charge is -2.20. The molecule has 0 spiro atoms. The van der Waals surface area contributed by atoms with E-state index < -0.39 is 0 Å². The fraction of sp³-hybridized carbons (Fsp3) is 0.333. The number of aryl methyl sites for hydroxylation is 2. The van der Waals surface area contributed by atoms with Gasteiger partial charge in [-0.2, -0.15) is 5.10 Å². The van der Waals surface area contributed by atoms with Crippen LogP contribution in [-0.2, 0) is 4.79 Å². The van der Waals surface area contributed by atoms with Crippen molar-refractivity contribution in [1.82, 2.24) is 5.43 Å². The van der Waals surface area contributed by atoms with Crippen molar-refractivity contribution in [2.24, 2.45) is 5.10 Å². The molecular formula is C21H27N3O2. The van der Waals surface area contributed by atoms with Gasteiger partial charge in [0.05, 0.1) is 6.21 Å². The van der Waals surface area contributed by atoms with Gasteiger partial charge in [-0.05, 0) is 62.6 Å². The first-order valence-corrected chi connectivity index (χ1v) is 8.90. The average Bonchev–Trinajstić information content (AvgIpc) is 2.64. The Balaban J connectivity index is 1.84. The highest BCUT2D eigenvalue weighted by molar-refractivity contribution is 5.83. The molecule has 0 aliphatic carbocycles. The maximum absolute atomic E-state index is 11.9. The average molecular weight is 353 g/mol. The number of amides is 1. The highest BCUT2D eigenvalue weighted by Crippen LogP contribution is 2.18. The summed E-state index contributed by atoms with van der Waals surface area (Å²) in [5, 5.41) is 3.99. The summed E-state index contributed by atoms with van der Waals surface area (Å²) >= 11 is 0. The first-order chi connectivity index (χ1) is 12.5. The Morgan fingerprint density at radius 2 is 1.81 bits per heavy atom. The Bertz CT molecular complexity index is 750. The van der Waals surface area contributed by atoms with E-state index in [4.69, 9.17) is 4.74 Å². The minimum Gasteiger partial charge on any atom is -0.483 e. The number of hydrogen-bond acceptors (Lipinski definition) is 4. The number of anilines is 1. The molecule has 0 atom stereocenters. The van der Waals surface area contributed by atoms with Crippen LogP contribution in [0, 0.1) is 13.8 Å². The molecule has 2 aromatic carbocycles. The topological polar surface area (TPSA) is 53.9 Å². The largest absolute Gasteiger partial charge is 0.483 e. The van der Waals surface area contributed by atoms with Gasteiger partial charge in [-0.25, -0.2) is 5.43 Å². The molecule has 0 aliphatic rings. The maximum atomic E-state index is 11.9. The van der Waals surface area contributed by atoms with Gasteiger partial charge >= 0.3 is 0 Å². The Morgan fingerprint density at radius 3 is 2.46 bits per heavy atom. The molecule has 0 saturated carbocycles. The summed E-state index contributed by atoms with van der Waals surface area (Å²) in [4.78, 5) is 14.1. The smallest absolute Gasteiger partial charge is 0.277 e. The van der Waals surface area contributed by atoms with Gasteiger partial charge in [0, 0.05) is 18.8 Å². The molecule has 26 heavy (non-hydrogen) atoms. The van der Waals surface area contributed by atoms with Crippen molar-refractivity contribution >= 4 is 17.8 Å². The summed E-state index contributed by atoms with van der Waals surface area (Å²) in [5.74, 6) is 0.429. The van der Waals surface area contributed by atoms with Crippen molar-refractivity contribution in [3.05, 3.63) is 59.2 Å². The van der Waals surface area contributed by atoms with Crippen molar-refractivity contribution in [3.63, 3.8) is 0 Å². The number of benzene rings is 2. The summed E-state index contributed by atoms with van der Waals surface area (Å²) in [5.41, 5.74) is 6.69. The summed E-state index contributed by atoms with van der Waals surface area (Å²) in [6, 6.07) is 14.0. The van der Waals surface area contributed by atoms with E-state index in [2.05, 4.69) is 41.4 Å². The third-order valence-corrected chi connectivity index (χ3v) is 4.13. The Kier molecular flexibility index (Phi) is 7.21. The van der Waals surface area contributed by atoms with Crippen molar-refractivity contribution < 1.29 is 9.53 Å². The van der Waals surface area contributed by atoms with E-state index in [9.17, 15) is 4.79 Å². The van der Waals surface area contributed by atoms with Crippen LogP contribution in [0.1, 0.15) is 30.5 Å². The van der Waals surface area contributed by atoms with Crippen LogP contribution in [0.4, 0.5) is 5.69 Å². The normalized spacial score (nSPS) is 10.8. The van der Waals surface area contributed by atoms with E-state index in [1.54, 1.807) is 6.21 Å². The molecular weight excluding hydrogens is 326 g/mol. The SMILES string of the molecule is CCN(CC)c1ccc(/C=N\NC(=O)COc2cc(C)ccc2C)cc1. The molecule has 0 heterocycles. The minimum absolute atomic E-state index is 0.0669. The zero-order valence-corrected chi connectivity index (χ0v) is 16.0. The Morgan fingerprint density at radius 1 is 1.12 bits per heavy atom. The van der Waals surface area contributed by atoms with E-state index in [1.807, 2.05) is 44.2 Å². The van der Waals surface area contributed by atoms with Gasteiger partial charge in [0.1, 0.15) is 5.75 Å². The van der Waals surface area contributed by atoms with Crippen molar-refractivity contribution in [3.8, 4) is 5.75 Å². The molecule has 2 rings (SSSR count). The molecule has 0 fully saturated rings. The number of ether oxygens (including phenoxy) is 1. The van der Waals surface area contributed by atoms with Crippen LogP contribution in [0.3, 0.4) is 0 Å². The molecule has 0 aromatic heterocycles. The molecule has 0 bridgehead atoms. The number of hydrazone groups is 1. The number of carbonyl (C=O) groups is 1. The van der Waals surface area contributed by atoms with E-state index in [-0.39, 0.29) is 12.5 Å². The molecule has 1 N–H and O–H groups in total. The molecule has 0 radical (unpaired) electrons. The molecule has 0 saturated heterocycles. The zero-order chi connectivity index (χ0) is 18.9.